The molecule has 0 spiro atoms. The van der Waals surface area contributed by atoms with Crippen LogP contribution in [0.3, 0.4) is 0 Å². The standard InChI is InChI=1S/C52H39N3O/c1-5-17-36-32-47(43-24-11-10-23-42(43)39(36)7-3)34(6-2)30-33(4)50-53-51(38-21-14-20-37(31-38)41-26-15-19-35-18-8-9-22-40(35)41)55-52(54-50)46-28-16-27-45-44-25-12-13-29-48(44)56-49(45)46/h5-32H,3H2,1-2,4H3/b17-5-,33-30+,34-6+. The van der Waals surface area contributed by atoms with E-state index in [4.69, 9.17) is 19.4 Å². The fourth-order valence-electron chi connectivity index (χ4n) is 7.85. The number of fused-ring (bicyclic) bond motifs is 5. The summed E-state index contributed by atoms with van der Waals surface area (Å²) >= 11 is 0. The number of para-hydroxylation sites is 2. The summed E-state index contributed by atoms with van der Waals surface area (Å²) in [6, 6.07) is 48.5. The molecule has 0 saturated heterocycles. The lowest BCUT2D eigenvalue weighted by Gasteiger charge is -2.15. The molecule has 9 aromatic rings. The largest absolute Gasteiger partial charge is 0.455 e. The molecule has 0 aliphatic heterocycles. The molecule has 0 bridgehead atoms. The Morgan fingerprint density at radius 3 is 2.09 bits per heavy atom. The van der Waals surface area contributed by atoms with Crippen molar-refractivity contribution in [1.29, 1.82) is 0 Å². The quantitative estimate of drug-likeness (QED) is 0.147. The molecule has 2 heterocycles. The lowest BCUT2D eigenvalue weighted by atomic mass is 9.90. The highest BCUT2D eigenvalue weighted by Crippen LogP contribution is 2.38. The Balaban J connectivity index is 1.24. The Bertz CT molecular complexity index is 3080. The van der Waals surface area contributed by atoms with Gasteiger partial charge in [0.25, 0.3) is 0 Å². The summed E-state index contributed by atoms with van der Waals surface area (Å²) in [6.45, 7) is 10.4. The van der Waals surface area contributed by atoms with E-state index in [9.17, 15) is 0 Å². The third kappa shape index (κ3) is 6.11. The molecule has 0 unspecified atom stereocenters. The molecule has 2 aromatic heterocycles. The summed E-state index contributed by atoms with van der Waals surface area (Å²) in [5.41, 5.74) is 10.9. The van der Waals surface area contributed by atoms with Gasteiger partial charge in [0.15, 0.2) is 17.5 Å². The number of hydrogen-bond acceptors (Lipinski definition) is 4. The van der Waals surface area contributed by atoms with Gasteiger partial charge in [0, 0.05) is 16.3 Å². The SMILES string of the molecule is C=Cc1c(/C=C\C)cc(C(/C=C(\C)c2nc(-c3cccc(-c4cccc5ccccc45)c3)nc(-c3cccc4c3oc3ccccc34)n2)=C/C)c2ccccc12. The van der Waals surface area contributed by atoms with Crippen molar-refractivity contribution in [2.75, 3.05) is 0 Å². The van der Waals surface area contributed by atoms with E-state index in [0.717, 1.165) is 82.8 Å². The zero-order chi connectivity index (χ0) is 38.2. The van der Waals surface area contributed by atoms with Crippen LogP contribution in [0.1, 0.15) is 43.3 Å². The first-order chi connectivity index (χ1) is 27.5. The number of nitrogens with zero attached hydrogens (tertiary/aromatic N) is 3. The number of rotatable bonds is 8. The molecular weight excluding hydrogens is 683 g/mol. The Morgan fingerprint density at radius 1 is 0.607 bits per heavy atom. The van der Waals surface area contributed by atoms with Gasteiger partial charge < -0.3 is 4.42 Å². The van der Waals surface area contributed by atoms with Gasteiger partial charge in [-0.2, -0.15) is 0 Å². The fraction of sp³-hybridized carbons (Fsp3) is 0.0577. The van der Waals surface area contributed by atoms with Crippen LogP contribution in [0.5, 0.6) is 0 Å². The smallest absolute Gasteiger partial charge is 0.167 e. The maximum atomic E-state index is 6.50. The topological polar surface area (TPSA) is 51.8 Å². The van der Waals surface area contributed by atoms with Crippen LogP contribution in [0.2, 0.25) is 0 Å². The van der Waals surface area contributed by atoms with Crippen LogP contribution in [-0.2, 0) is 0 Å². The molecule has 0 saturated carbocycles. The molecule has 0 aliphatic carbocycles. The van der Waals surface area contributed by atoms with E-state index in [-0.39, 0.29) is 0 Å². The molecule has 0 radical (unpaired) electrons. The Kier molecular flexibility index (Phi) is 9.00. The van der Waals surface area contributed by atoms with Crippen molar-refractivity contribution in [2.45, 2.75) is 20.8 Å². The van der Waals surface area contributed by atoms with Crippen molar-refractivity contribution < 1.29 is 4.42 Å². The van der Waals surface area contributed by atoms with Crippen LogP contribution in [0.25, 0.3) is 101 Å². The molecule has 9 rings (SSSR count). The Morgan fingerprint density at radius 2 is 1.27 bits per heavy atom. The fourth-order valence-corrected chi connectivity index (χ4v) is 7.85. The third-order valence-electron chi connectivity index (χ3n) is 10.5. The lowest BCUT2D eigenvalue weighted by molar-refractivity contribution is 0.669. The van der Waals surface area contributed by atoms with Gasteiger partial charge in [0.2, 0.25) is 0 Å². The monoisotopic (exact) mass is 721 g/mol. The highest BCUT2D eigenvalue weighted by atomic mass is 16.3. The van der Waals surface area contributed by atoms with Crippen LogP contribution in [0.4, 0.5) is 0 Å². The number of furan rings is 1. The van der Waals surface area contributed by atoms with Crippen molar-refractivity contribution >= 4 is 66.8 Å². The zero-order valence-corrected chi connectivity index (χ0v) is 31.6. The van der Waals surface area contributed by atoms with E-state index in [1.54, 1.807) is 0 Å². The summed E-state index contributed by atoms with van der Waals surface area (Å²) in [4.78, 5) is 15.6. The number of aromatic nitrogens is 3. The van der Waals surface area contributed by atoms with E-state index >= 15 is 0 Å². The summed E-state index contributed by atoms with van der Waals surface area (Å²) < 4.78 is 6.50. The van der Waals surface area contributed by atoms with E-state index in [2.05, 4.69) is 154 Å². The minimum absolute atomic E-state index is 0.552. The van der Waals surface area contributed by atoms with E-state index < -0.39 is 0 Å². The van der Waals surface area contributed by atoms with Crippen LogP contribution in [-0.4, -0.2) is 15.0 Å². The first-order valence-electron chi connectivity index (χ1n) is 19.0. The number of hydrogen-bond donors (Lipinski definition) is 0. The molecule has 268 valence electrons. The zero-order valence-electron chi connectivity index (χ0n) is 31.6. The van der Waals surface area contributed by atoms with Gasteiger partial charge >= 0.3 is 0 Å². The molecule has 0 fully saturated rings. The molecule has 0 aliphatic rings. The van der Waals surface area contributed by atoms with Gasteiger partial charge in [-0.3, -0.25) is 0 Å². The third-order valence-corrected chi connectivity index (χ3v) is 10.5. The highest BCUT2D eigenvalue weighted by molar-refractivity contribution is 6.09. The van der Waals surface area contributed by atoms with Crippen LogP contribution in [0.15, 0.2) is 169 Å². The second-order valence-corrected chi connectivity index (χ2v) is 13.9. The number of allylic oxidation sites excluding steroid dienone is 5. The predicted molar refractivity (Wildman–Crippen MR) is 237 cm³/mol. The van der Waals surface area contributed by atoms with Gasteiger partial charge in [-0.25, -0.2) is 15.0 Å². The molecular formula is C52H39N3O. The summed E-state index contributed by atoms with van der Waals surface area (Å²) in [7, 11) is 0. The molecule has 4 heteroatoms. The second-order valence-electron chi connectivity index (χ2n) is 13.9. The minimum Gasteiger partial charge on any atom is -0.455 e. The molecule has 0 N–H and O–H groups in total. The average molecular weight is 722 g/mol. The summed E-state index contributed by atoms with van der Waals surface area (Å²) in [5, 5.41) is 6.80. The Hall–Kier alpha value is -7.17. The predicted octanol–water partition coefficient (Wildman–Crippen LogP) is 14.3. The van der Waals surface area contributed by atoms with Gasteiger partial charge in [0.05, 0.1) is 5.56 Å². The van der Waals surface area contributed by atoms with Gasteiger partial charge in [-0.15, -0.1) is 0 Å². The maximum Gasteiger partial charge on any atom is 0.167 e. The summed E-state index contributed by atoms with van der Waals surface area (Å²) in [6.07, 6.45) is 10.5. The van der Waals surface area contributed by atoms with Crippen molar-refractivity contribution in [3.63, 3.8) is 0 Å². The van der Waals surface area contributed by atoms with Crippen molar-refractivity contribution in [2.24, 2.45) is 0 Å². The minimum atomic E-state index is 0.552. The van der Waals surface area contributed by atoms with E-state index in [1.165, 1.54) is 10.8 Å². The Labute approximate surface area is 326 Å². The second kappa shape index (κ2) is 14.6. The van der Waals surface area contributed by atoms with Crippen molar-refractivity contribution in [3.05, 3.63) is 187 Å². The first-order valence-corrected chi connectivity index (χ1v) is 19.0. The molecule has 4 nitrogen and oxygen atoms in total. The molecule has 0 atom stereocenters. The highest BCUT2D eigenvalue weighted by Gasteiger charge is 2.19. The summed E-state index contributed by atoms with van der Waals surface area (Å²) in [5.74, 6) is 1.73. The van der Waals surface area contributed by atoms with Crippen molar-refractivity contribution in [1.82, 2.24) is 15.0 Å². The average Bonchev–Trinajstić information content (AvgIpc) is 3.64. The molecule has 7 aromatic carbocycles. The van der Waals surface area contributed by atoms with Gasteiger partial charge in [0.1, 0.15) is 11.2 Å². The maximum absolute atomic E-state index is 6.50. The van der Waals surface area contributed by atoms with Gasteiger partial charge in [-0.05, 0) is 112 Å². The van der Waals surface area contributed by atoms with Crippen LogP contribution < -0.4 is 0 Å². The molecule has 56 heavy (non-hydrogen) atoms. The van der Waals surface area contributed by atoms with Crippen molar-refractivity contribution in [3.8, 4) is 33.9 Å². The number of benzene rings is 7. The molecule has 0 amide bonds. The van der Waals surface area contributed by atoms with Crippen LogP contribution >= 0.6 is 0 Å². The van der Waals surface area contributed by atoms with E-state index in [0.29, 0.717) is 17.5 Å². The normalized spacial score (nSPS) is 12.4. The van der Waals surface area contributed by atoms with Crippen LogP contribution in [0, 0.1) is 0 Å². The first kappa shape index (κ1) is 34.6. The van der Waals surface area contributed by atoms with E-state index in [1.807, 2.05) is 43.3 Å². The lowest BCUT2D eigenvalue weighted by Crippen LogP contribution is -2.02. The van der Waals surface area contributed by atoms with Gasteiger partial charge in [-0.1, -0.05) is 146 Å².